The molecule has 1 aliphatic rings. The highest BCUT2D eigenvalue weighted by atomic mass is 35.5. The predicted molar refractivity (Wildman–Crippen MR) is 91.6 cm³/mol. The van der Waals surface area contributed by atoms with Crippen molar-refractivity contribution in [1.82, 2.24) is 15.1 Å². The first kappa shape index (κ1) is 22.5. The van der Waals surface area contributed by atoms with Crippen LogP contribution < -0.4 is 5.32 Å². The summed E-state index contributed by atoms with van der Waals surface area (Å²) in [5.74, 6) is 0. The van der Waals surface area contributed by atoms with Gasteiger partial charge in [0.1, 0.15) is 0 Å². The number of nitrogens with one attached hydrogen (secondary N) is 1. The van der Waals surface area contributed by atoms with Gasteiger partial charge in [-0.2, -0.15) is 13.2 Å². The van der Waals surface area contributed by atoms with Crippen LogP contribution in [0.25, 0.3) is 0 Å². The van der Waals surface area contributed by atoms with Crippen molar-refractivity contribution in [3.05, 3.63) is 35.4 Å². The molecule has 0 aromatic heterocycles. The highest BCUT2D eigenvalue weighted by Gasteiger charge is 2.32. The maximum absolute atomic E-state index is 12.9. The minimum atomic E-state index is -4.28. The molecule has 2 rings (SSSR count). The molecule has 0 spiro atoms. The molecule has 0 aliphatic carbocycles. The third-order valence-corrected chi connectivity index (χ3v) is 3.77. The summed E-state index contributed by atoms with van der Waals surface area (Å²) in [6.07, 6.45) is -4.28. The Morgan fingerprint density at radius 1 is 1.13 bits per heavy atom. The molecule has 1 heterocycles. The van der Waals surface area contributed by atoms with Gasteiger partial charge in [-0.05, 0) is 18.7 Å². The first-order valence-corrected chi connectivity index (χ1v) is 7.23. The number of hydrogen-bond donors (Lipinski definition) is 1. The second-order valence-corrected chi connectivity index (χ2v) is 5.48. The molecule has 0 radical (unpaired) electrons. The van der Waals surface area contributed by atoms with Gasteiger partial charge in [0.05, 0.1) is 5.56 Å². The summed E-state index contributed by atoms with van der Waals surface area (Å²) < 4.78 is 38.8. The molecule has 1 aliphatic heterocycles. The van der Waals surface area contributed by atoms with Gasteiger partial charge in [0.15, 0.2) is 0 Å². The van der Waals surface area contributed by atoms with E-state index in [-0.39, 0.29) is 24.8 Å². The summed E-state index contributed by atoms with van der Waals surface area (Å²) in [7, 11) is 1.87. The zero-order chi connectivity index (χ0) is 15.3. The lowest BCUT2D eigenvalue weighted by Gasteiger charge is -2.29. The first-order chi connectivity index (χ1) is 9.97. The summed E-state index contributed by atoms with van der Waals surface area (Å²) >= 11 is 0. The van der Waals surface area contributed by atoms with Gasteiger partial charge >= 0.3 is 6.18 Å². The van der Waals surface area contributed by atoms with Gasteiger partial charge < -0.3 is 10.2 Å². The van der Waals surface area contributed by atoms with Crippen molar-refractivity contribution in [3.8, 4) is 0 Å². The van der Waals surface area contributed by atoms with E-state index in [4.69, 9.17) is 0 Å². The van der Waals surface area contributed by atoms with Crippen molar-refractivity contribution < 1.29 is 13.2 Å². The van der Waals surface area contributed by atoms with Crippen LogP contribution in [-0.2, 0) is 12.7 Å². The van der Waals surface area contributed by atoms with Crippen molar-refractivity contribution in [2.75, 3.05) is 46.3 Å². The average Bonchev–Trinajstić information content (AvgIpc) is 2.46. The molecule has 134 valence electrons. The van der Waals surface area contributed by atoms with E-state index >= 15 is 0 Å². The SMILES string of the molecule is CN(CCN1CCNCC1)Cc1ccccc1C(F)(F)F.Cl.Cl. The van der Waals surface area contributed by atoms with Crippen LogP contribution in [0.1, 0.15) is 11.1 Å². The Balaban J connectivity index is 0.00000242. The van der Waals surface area contributed by atoms with Crippen LogP contribution in [-0.4, -0.2) is 56.1 Å². The molecule has 8 heteroatoms. The molecule has 0 unspecified atom stereocenters. The fourth-order valence-electron chi connectivity index (χ4n) is 2.55. The third-order valence-electron chi connectivity index (χ3n) is 3.77. The van der Waals surface area contributed by atoms with Crippen LogP contribution in [0.2, 0.25) is 0 Å². The van der Waals surface area contributed by atoms with Crippen LogP contribution in [0.3, 0.4) is 0 Å². The molecule has 0 amide bonds. The Labute approximate surface area is 148 Å². The Bertz CT molecular complexity index is 452. The quantitative estimate of drug-likeness (QED) is 0.855. The van der Waals surface area contributed by atoms with Crippen molar-refractivity contribution in [3.63, 3.8) is 0 Å². The molecule has 1 N–H and O–H groups in total. The fraction of sp³-hybridized carbons (Fsp3) is 0.600. The number of alkyl halides is 3. The van der Waals surface area contributed by atoms with Crippen LogP contribution in [0.5, 0.6) is 0 Å². The number of likely N-dealkylation sites (N-methyl/N-ethyl adjacent to an activating group) is 1. The minimum absolute atomic E-state index is 0. The highest BCUT2D eigenvalue weighted by Crippen LogP contribution is 2.32. The number of piperazine rings is 1. The van der Waals surface area contributed by atoms with Crippen LogP contribution in [0.4, 0.5) is 13.2 Å². The third kappa shape index (κ3) is 7.27. The van der Waals surface area contributed by atoms with Crippen LogP contribution in [0.15, 0.2) is 24.3 Å². The van der Waals surface area contributed by atoms with E-state index in [1.165, 1.54) is 6.07 Å². The van der Waals surface area contributed by atoms with Gasteiger partial charge in [-0.1, -0.05) is 18.2 Å². The average molecular weight is 374 g/mol. The summed E-state index contributed by atoms with van der Waals surface area (Å²) in [5.41, 5.74) is -0.188. The Kier molecular flexibility index (Phi) is 10.1. The number of halogens is 5. The lowest BCUT2D eigenvalue weighted by atomic mass is 10.1. The van der Waals surface area contributed by atoms with Gasteiger partial charge in [0, 0.05) is 45.8 Å². The molecule has 0 saturated carbocycles. The molecule has 1 saturated heterocycles. The maximum Gasteiger partial charge on any atom is 0.416 e. The van der Waals surface area contributed by atoms with Crippen molar-refractivity contribution in [2.24, 2.45) is 0 Å². The molecular weight excluding hydrogens is 350 g/mol. The lowest BCUT2D eigenvalue weighted by molar-refractivity contribution is -0.138. The van der Waals surface area contributed by atoms with Crippen LogP contribution >= 0.6 is 24.8 Å². The summed E-state index contributed by atoms with van der Waals surface area (Å²) in [5, 5.41) is 3.29. The standard InChI is InChI=1S/C15H22F3N3.2ClH/c1-20(10-11-21-8-6-19-7-9-21)12-13-4-2-3-5-14(13)15(16,17)18;;/h2-5,19H,6-12H2,1H3;2*1H. The van der Waals surface area contributed by atoms with Crippen molar-refractivity contribution >= 4 is 24.8 Å². The molecule has 1 aromatic rings. The van der Waals surface area contributed by atoms with E-state index in [1.807, 2.05) is 11.9 Å². The topological polar surface area (TPSA) is 18.5 Å². The second kappa shape index (κ2) is 10.4. The molecule has 0 bridgehead atoms. The van der Waals surface area contributed by atoms with Crippen LogP contribution in [0, 0.1) is 0 Å². The van der Waals surface area contributed by atoms with E-state index in [0.717, 1.165) is 45.3 Å². The van der Waals surface area contributed by atoms with E-state index in [1.54, 1.807) is 12.1 Å². The molecule has 1 fully saturated rings. The van der Waals surface area contributed by atoms with Crippen molar-refractivity contribution in [1.29, 1.82) is 0 Å². The second-order valence-electron chi connectivity index (χ2n) is 5.48. The molecule has 1 aromatic carbocycles. The number of benzene rings is 1. The van der Waals surface area contributed by atoms with E-state index in [9.17, 15) is 13.2 Å². The van der Waals surface area contributed by atoms with Gasteiger partial charge in [-0.15, -0.1) is 24.8 Å². The first-order valence-electron chi connectivity index (χ1n) is 7.23. The maximum atomic E-state index is 12.9. The zero-order valence-corrected chi connectivity index (χ0v) is 14.7. The number of rotatable bonds is 5. The van der Waals surface area contributed by atoms with Gasteiger partial charge in [0.25, 0.3) is 0 Å². The summed E-state index contributed by atoms with van der Waals surface area (Å²) in [4.78, 5) is 4.29. The Morgan fingerprint density at radius 2 is 1.74 bits per heavy atom. The van der Waals surface area contributed by atoms with E-state index in [2.05, 4.69) is 10.2 Å². The minimum Gasteiger partial charge on any atom is -0.314 e. The highest BCUT2D eigenvalue weighted by molar-refractivity contribution is 5.85. The summed E-state index contributed by atoms with van der Waals surface area (Å²) in [6, 6.07) is 5.81. The monoisotopic (exact) mass is 373 g/mol. The molecule has 0 atom stereocenters. The van der Waals surface area contributed by atoms with Gasteiger partial charge in [-0.25, -0.2) is 0 Å². The Morgan fingerprint density at radius 3 is 2.35 bits per heavy atom. The lowest BCUT2D eigenvalue weighted by Crippen LogP contribution is -2.45. The van der Waals surface area contributed by atoms with Gasteiger partial charge in [0.2, 0.25) is 0 Å². The predicted octanol–water partition coefficient (Wildman–Crippen LogP) is 2.89. The molecular formula is C15H24Cl2F3N3. The Hall–Kier alpha value is -0.530. The number of nitrogens with zero attached hydrogens (tertiary/aromatic N) is 2. The normalized spacial score (nSPS) is 15.9. The smallest absolute Gasteiger partial charge is 0.314 e. The largest absolute Gasteiger partial charge is 0.416 e. The van der Waals surface area contributed by atoms with Gasteiger partial charge in [-0.3, -0.25) is 4.90 Å². The zero-order valence-electron chi connectivity index (χ0n) is 13.1. The number of hydrogen-bond acceptors (Lipinski definition) is 3. The van der Waals surface area contributed by atoms with Crippen molar-refractivity contribution in [2.45, 2.75) is 12.7 Å². The van der Waals surface area contributed by atoms with E-state index < -0.39 is 11.7 Å². The fourth-order valence-corrected chi connectivity index (χ4v) is 2.55. The molecule has 3 nitrogen and oxygen atoms in total. The molecule has 23 heavy (non-hydrogen) atoms. The summed E-state index contributed by atoms with van der Waals surface area (Å²) in [6.45, 7) is 5.97. The van der Waals surface area contributed by atoms with E-state index in [0.29, 0.717) is 12.1 Å².